The molecule has 2 amide bonds. The van der Waals surface area contributed by atoms with Gasteiger partial charge in [0.1, 0.15) is 5.82 Å². The lowest BCUT2D eigenvalue weighted by Gasteiger charge is -2.24. The zero-order chi connectivity index (χ0) is 19.0. The highest BCUT2D eigenvalue weighted by Gasteiger charge is 2.28. The van der Waals surface area contributed by atoms with Crippen LogP contribution in [0, 0.1) is 12.8 Å². The second kappa shape index (κ2) is 7.10. The van der Waals surface area contributed by atoms with Gasteiger partial charge in [-0.1, -0.05) is 19.4 Å². The molecule has 1 aromatic carbocycles. The quantitative estimate of drug-likeness (QED) is 0.904. The van der Waals surface area contributed by atoms with E-state index in [2.05, 4.69) is 15.3 Å². The van der Waals surface area contributed by atoms with Gasteiger partial charge in [-0.25, -0.2) is 9.97 Å². The van der Waals surface area contributed by atoms with Gasteiger partial charge in [-0.2, -0.15) is 0 Å². The maximum absolute atomic E-state index is 13.0. The molecule has 0 bridgehead atoms. The number of amides is 2. The maximum Gasteiger partial charge on any atom is 0.254 e. The number of hydrogen-bond donors (Lipinski definition) is 1. The summed E-state index contributed by atoms with van der Waals surface area (Å²) in [5, 5.41) is 3.00. The van der Waals surface area contributed by atoms with E-state index in [0.717, 1.165) is 54.0 Å². The lowest BCUT2D eigenvalue weighted by atomic mass is 9.84. The lowest BCUT2D eigenvalue weighted by molar-refractivity contribution is -0.122. The number of anilines is 1. The average molecular weight is 364 g/mol. The van der Waals surface area contributed by atoms with E-state index >= 15 is 0 Å². The highest BCUT2D eigenvalue weighted by molar-refractivity contribution is 5.98. The van der Waals surface area contributed by atoms with E-state index in [1.807, 2.05) is 32.2 Å². The van der Waals surface area contributed by atoms with Crippen LogP contribution in [-0.4, -0.2) is 26.7 Å². The molecule has 1 aliphatic heterocycles. The SMILES string of the molecule is CCc1ncc2c(n1)CN(C(=O)c1ccc(C)c(NC(=O)C3CCC3)c1)C2. The van der Waals surface area contributed by atoms with Crippen molar-refractivity contribution in [1.29, 1.82) is 0 Å². The second-order valence-corrected chi connectivity index (χ2v) is 7.42. The number of rotatable bonds is 4. The van der Waals surface area contributed by atoms with Crippen LogP contribution in [0.5, 0.6) is 0 Å². The Bertz CT molecular complexity index is 905. The van der Waals surface area contributed by atoms with Gasteiger partial charge >= 0.3 is 0 Å². The Hall–Kier alpha value is -2.76. The minimum absolute atomic E-state index is 0.0507. The molecule has 27 heavy (non-hydrogen) atoms. The summed E-state index contributed by atoms with van der Waals surface area (Å²) in [6.45, 7) is 4.99. The first-order valence-electron chi connectivity index (χ1n) is 9.59. The fourth-order valence-electron chi connectivity index (χ4n) is 3.49. The Balaban J connectivity index is 1.50. The Morgan fingerprint density at radius 1 is 1.26 bits per heavy atom. The molecule has 1 fully saturated rings. The highest BCUT2D eigenvalue weighted by atomic mass is 16.2. The van der Waals surface area contributed by atoms with Gasteiger partial charge < -0.3 is 10.2 Å². The molecule has 0 spiro atoms. The predicted molar refractivity (Wildman–Crippen MR) is 102 cm³/mol. The molecule has 1 saturated carbocycles. The Morgan fingerprint density at radius 3 is 2.78 bits per heavy atom. The van der Waals surface area contributed by atoms with E-state index in [0.29, 0.717) is 18.7 Å². The Labute approximate surface area is 159 Å². The van der Waals surface area contributed by atoms with Crippen LogP contribution in [0.3, 0.4) is 0 Å². The van der Waals surface area contributed by atoms with Crippen molar-refractivity contribution in [3.63, 3.8) is 0 Å². The summed E-state index contributed by atoms with van der Waals surface area (Å²) in [4.78, 5) is 35.9. The second-order valence-electron chi connectivity index (χ2n) is 7.42. The number of carbonyl (C=O) groups is 2. The molecule has 1 aromatic heterocycles. The first-order valence-corrected chi connectivity index (χ1v) is 9.59. The number of fused-ring (bicyclic) bond motifs is 1. The summed E-state index contributed by atoms with van der Waals surface area (Å²) < 4.78 is 0. The van der Waals surface area contributed by atoms with Gasteiger partial charge in [0, 0.05) is 41.9 Å². The predicted octanol–water partition coefficient (Wildman–Crippen LogP) is 3.24. The van der Waals surface area contributed by atoms with Crippen LogP contribution in [-0.2, 0) is 24.3 Å². The van der Waals surface area contributed by atoms with Crippen LogP contribution in [0.25, 0.3) is 0 Å². The first-order chi connectivity index (χ1) is 13.0. The molecule has 2 aliphatic rings. The van der Waals surface area contributed by atoms with Crippen molar-refractivity contribution in [2.24, 2.45) is 5.92 Å². The van der Waals surface area contributed by atoms with Gasteiger partial charge in [0.05, 0.1) is 12.2 Å². The van der Waals surface area contributed by atoms with Gasteiger partial charge in [-0.05, 0) is 37.5 Å². The minimum Gasteiger partial charge on any atom is -0.328 e. The summed E-state index contributed by atoms with van der Waals surface area (Å²) in [7, 11) is 0. The van der Waals surface area contributed by atoms with Gasteiger partial charge in [0.15, 0.2) is 0 Å². The summed E-state index contributed by atoms with van der Waals surface area (Å²) in [5.41, 5.74) is 4.21. The summed E-state index contributed by atoms with van der Waals surface area (Å²) in [6.07, 6.45) is 5.64. The molecule has 0 saturated heterocycles. The molecule has 1 aliphatic carbocycles. The first kappa shape index (κ1) is 17.6. The van der Waals surface area contributed by atoms with Gasteiger partial charge in [-0.15, -0.1) is 0 Å². The fourth-order valence-corrected chi connectivity index (χ4v) is 3.49. The van der Waals surface area contributed by atoms with E-state index in [1.54, 1.807) is 11.0 Å². The number of benzene rings is 1. The average Bonchev–Trinajstić information content (AvgIpc) is 3.04. The standard InChI is InChI=1S/C21H24N4O2/c1-3-19-22-10-16-11-25(12-18(16)23-19)21(27)15-8-7-13(2)17(9-15)24-20(26)14-5-4-6-14/h7-10,14H,3-6,11-12H2,1-2H3,(H,24,26). The molecular formula is C21H24N4O2. The smallest absolute Gasteiger partial charge is 0.254 e. The van der Waals surface area contributed by atoms with Crippen LogP contribution < -0.4 is 5.32 Å². The summed E-state index contributed by atoms with van der Waals surface area (Å²) in [5.74, 6) is 0.928. The number of carbonyl (C=O) groups excluding carboxylic acids is 2. The molecule has 1 N–H and O–H groups in total. The zero-order valence-corrected chi connectivity index (χ0v) is 15.8. The number of nitrogens with zero attached hydrogens (tertiary/aromatic N) is 3. The topological polar surface area (TPSA) is 75.2 Å². The highest BCUT2D eigenvalue weighted by Crippen LogP contribution is 2.29. The van der Waals surface area contributed by atoms with Crippen molar-refractivity contribution in [3.8, 4) is 0 Å². The van der Waals surface area contributed by atoms with E-state index < -0.39 is 0 Å². The third-order valence-corrected chi connectivity index (χ3v) is 5.53. The number of nitrogens with one attached hydrogen (secondary N) is 1. The molecule has 0 unspecified atom stereocenters. The molecule has 2 heterocycles. The van der Waals surface area contributed by atoms with Gasteiger partial charge in [0.2, 0.25) is 5.91 Å². The zero-order valence-electron chi connectivity index (χ0n) is 15.8. The maximum atomic E-state index is 13.0. The van der Waals surface area contributed by atoms with Crippen molar-refractivity contribution in [3.05, 3.63) is 52.6 Å². The van der Waals surface area contributed by atoms with Gasteiger partial charge in [-0.3, -0.25) is 9.59 Å². The molecule has 2 aromatic rings. The van der Waals surface area contributed by atoms with Crippen LogP contribution in [0.2, 0.25) is 0 Å². The minimum atomic E-state index is -0.0507. The fraction of sp³-hybridized carbons (Fsp3) is 0.429. The van der Waals surface area contributed by atoms with Crippen LogP contribution >= 0.6 is 0 Å². The third kappa shape index (κ3) is 3.44. The molecule has 4 rings (SSSR count). The molecule has 6 nitrogen and oxygen atoms in total. The molecule has 140 valence electrons. The van der Waals surface area contributed by atoms with Crippen LogP contribution in [0.4, 0.5) is 5.69 Å². The van der Waals surface area contributed by atoms with Crippen molar-refractivity contribution in [2.45, 2.75) is 52.6 Å². The third-order valence-electron chi connectivity index (χ3n) is 5.53. The van der Waals surface area contributed by atoms with E-state index in [-0.39, 0.29) is 17.7 Å². The Morgan fingerprint density at radius 2 is 2.07 bits per heavy atom. The van der Waals surface area contributed by atoms with Crippen LogP contribution in [0.1, 0.15) is 59.2 Å². The van der Waals surface area contributed by atoms with Crippen molar-refractivity contribution in [2.75, 3.05) is 5.32 Å². The van der Waals surface area contributed by atoms with Crippen molar-refractivity contribution >= 4 is 17.5 Å². The monoisotopic (exact) mass is 364 g/mol. The molecule has 0 radical (unpaired) electrons. The largest absolute Gasteiger partial charge is 0.328 e. The lowest BCUT2D eigenvalue weighted by Crippen LogP contribution is -2.29. The van der Waals surface area contributed by atoms with E-state index in [4.69, 9.17) is 0 Å². The number of aryl methyl sites for hydroxylation is 2. The molecule has 0 atom stereocenters. The van der Waals surface area contributed by atoms with Crippen molar-refractivity contribution < 1.29 is 9.59 Å². The molecular weight excluding hydrogens is 340 g/mol. The van der Waals surface area contributed by atoms with E-state index in [1.165, 1.54) is 0 Å². The van der Waals surface area contributed by atoms with Crippen LogP contribution in [0.15, 0.2) is 24.4 Å². The normalized spacial score (nSPS) is 16.0. The van der Waals surface area contributed by atoms with Crippen molar-refractivity contribution in [1.82, 2.24) is 14.9 Å². The Kier molecular flexibility index (Phi) is 4.64. The molecule has 6 heteroatoms. The summed E-state index contributed by atoms with van der Waals surface area (Å²) in [6, 6.07) is 5.50. The summed E-state index contributed by atoms with van der Waals surface area (Å²) >= 11 is 0. The van der Waals surface area contributed by atoms with E-state index in [9.17, 15) is 9.59 Å². The van der Waals surface area contributed by atoms with Gasteiger partial charge in [0.25, 0.3) is 5.91 Å². The number of aromatic nitrogens is 2. The number of hydrogen-bond acceptors (Lipinski definition) is 4.